The van der Waals surface area contributed by atoms with Crippen molar-refractivity contribution in [2.45, 2.75) is 25.8 Å². The Balaban J connectivity index is 2.04. The highest BCUT2D eigenvalue weighted by atomic mass is 32.2. The van der Waals surface area contributed by atoms with E-state index in [1.165, 1.54) is 31.4 Å². The number of anilines is 1. The number of benzene rings is 2. The number of hydrogen-bond acceptors (Lipinski definition) is 7. The van der Waals surface area contributed by atoms with E-state index in [1.54, 1.807) is 32.2 Å². The normalized spacial score (nSPS) is 12.0. The van der Waals surface area contributed by atoms with Crippen LogP contribution in [-0.2, 0) is 14.8 Å². The lowest BCUT2D eigenvalue weighted by atomic mass is 10.1. The summed E-state index contributed by atoms with van der Waals surface area (Å²) in [7, 11) is -0.612. The van der Waals surface area contributed by atoms with Gasteiger partial charge in [-0.15, -0.1) is 0 Å². The van der Waals surface area contributed by atoms with Crippen LogP contribution in [0.5, 0.6) is 11.5 Å². The van der Waals surface area contributed by atoms with Crippen molar-refractivity contribution in [3.05, 3.63) is 58.1 Å². The molecule has 0 bridgehead atoms. The number of rotatable bonds is 11. The third-order valence-electron chi connectivity index (χ3n) is 4.77. The molecule has 1 unspecified atom stereocenters. The molecule has 10 nitrogen and oxygen atoms in total. The van der Waals surface area contributed by atoms with Crippen molar-refractivity contribution in [1.29, 1.82) is 0 Å². The molecular weight excluding hydrogens is 438 g/mol. The van der Waals surface area contributed by atoms with Gasteiger partial charge in [0.2, 0.25) is 15.9 Å². The number of nitro benzene ring substituents is 1. The summed E-state index contributed by atoms with van der Waals surface area (Å²) in [6.45, 7) is 1.81. The minimum atomic E-state index is -3.69. The zero-order valence-corrected chi connectivity index (χ0v) is 19.2. The summed E-state index contributed by atoms with van der Waals surface area (Å²) in [5, 5.41) is 13.9. The Hall–Kier alpha value is -3.34. The average molecular weight is 466 g/mol. The minimum absolute atomic E-state index is 0.00425. The van der Waals surface area contributed by atoms with Crippen LogP contribution < -0.4 is 19.1 Å². The van der Waals surface area contributed by atoms with Crippen molar-refractivity contribution in [3.63, 3.8) is 0 Å². The van der Waals surface area contributed by atoms with E-state index in [-0.39, 0.29) is 42.7 Å². The first kappa shape index (κ1) is 24.9. The first-order valence-electron chi connectivity index (χ1n) is 9.80. The maximum absolute atomic E-state index is 12.5. The molecule has 0 fully saturated rings. The molecule has 0 saturated carbocycles. The standard InChI is InChI=1S/C21H27N3O7S/c1-15(19-14-18(30-2)10-11-20(19)31-3)22-21(25)9-6-12-23(32(4,28)29)16-7-5-8-17(13-16)24(26)27/h5,7-8,10-11,13-15H,6,9,12H2,1-4H3,(H,22,25). The molecule has 1 N–H and O–H groups in total. The number of ether oxygens (including phenoxy) is 2. The molecule has 0 aliphatic carbocycles. The first-order chi connectivity index (χ1) is 15.1. The highest BCUT2D eigenvalue weighted by Crippen LogP contribution is 2.29. The van der Waals surface area contributed by atoms with Crippen LogP contribution in [0.15, 0.2) is 42.5 Å². The van der Waals surface area contributed by atoms with Crippen LogP contribution in [0.25, 0.3) is 0 Å². The molecule has 32 heavy (non-hydrogen) atoms. The van der Waals surface area contributed by atoms with Crippen molar-refractivity contribution in [2.75, 3.05) is 31.3 Å². The van der Waals surface area contributed by atoms with E-state index in [4.69, 9.17) is 9.47 Å². The van der Waals surface area contributed by atoms with Gasteiger partial charge in [0.1, 0.15) is 11.5 Å². The van der Waals surface area contributed by atoms with Crippen molar-refractivity contribution in [3.8, 4) is 11.5 Å². The summed E-state index contributed by atoms with van der Waals surface area (Å²) in [6.07, 6.45) is 1.31. The molecule has 11 heteroatoms. The van der Waals surface area contributed by atoms with E-state index in [2.05, 4.69) is 5.32 Å². The van der Waals surface area contributed by atoms with Crippen LogP contribution in [0.1, 0.15) is 31.4 Å². The SMILES string of the molecule is COc1ccc(OC)c(C(C)NC(=O)CCCN(c2cccc([N+](=O)[O-])c2)S(C)(=O)=O)c1. The van der Waals surface area contributed by atoms with E-state index in [0.717, 1.165) is 16.1 Å². The van der Waals surface area contributed by atoms with E-state index in [9.17, 15) is 23.3 Å². The van der Waals surface area contributed by atoms with E-state index in [1.807, 2.05) is 0 Å². The maximum atomic E-state index is 12.5. The summed E-state index contributed by atoms with van der Waals surface area (Å²) in [6, 6.07) is 10.3. The van der Waals surface area contributed by atoms with Crippen molar-refractivity contribution in [2.24, 2.45) is 0 Å². The number of sulfonamides is 1. The second-order valence-corrected chi connectivity index (χ2v) is 9.02. The number of carbonyl (C=O) groups excluding carboxylic acids is 1. The predicted octanol–water partition coefficient (Wildman–Crippen LogP) is 3.04. The molecule has 2 aromatic rings. The molecule has 0 aliphatic heterocycles. The Morgan fingerprint density at radius 3 is 2.50 bits per heavy atom. The molecule has 0 heterocycles. The zero-order valence-electron chi connectivity index (χ0n) is 18.4. The summed E-state index contributed by atoms with van der Waals surface area (Å²) >= 11 is 0. The van der Waals surface area contributed by atoms with Crippen LogP contribution in [0.2, 0.25) is 0 Å². The average Bonchev–Trinajstić information content (AvgIpc) is 2.75. The molecule has 0 radical (unpaired) electrons. The molecule has 0 saturated heterocycles. The Bertz CT molecular complexity index is 1070. The summed E-state index contributed by atoms with van der Waals surface area (Å²) in [5.41, 5.74) is 0.709. The van der Waals surface area contributed by atoms with Gasteiger partial charge in [-0.1, -0.05) is 6.07 Å². The molecule has 2 aromatic carbocycles. The Morgan fingerprint density at radius 1 is 1.19 bits per heavy atom. The minimum Gasteiger partial charge on any atom is -0.497 e. The van der Waals surface area contributed by atoms with Gasteiger partial charge in [-0.25, -0.2) is 8.42 Å². The van der Waals surface area contributed by atoms with Gasteiger partial charge in [0.25, 0.3) is 5.69 Å². The van der Waals surface area contributed by atoms with Crippen molar-refractivity contribution < 1.29 is 27.6 Å². The fourth-order valence-electron chi connectivity index (χ4n) is 3.20. The fourth-order valence-corrected chi connectivity index (χ4v) is 4.16. The smallest absolute Gasteiger partial charge is 0.271 e. The monoisotopic (exact) mass is 465 g/mol. The number of carbonyl (C=O) groups is 1. The number of hydrogen-bond donors (Lipinski definition) is 1. The lowest BCUT2D eigenvalue weighted by molar-refractivity contribution is -0.384. The Morgan fingerprint density at radius 2 is 1.91 bits per heavy atom. The Labute approximate surface area is 187 Å². The van der Waals surface area contributed by atoms with Crippen LogP contribution in [0.3, 0.4) is 0 Å². The van der Waals surface area contributed by atoms with Gasteiger partial charge in [-0.3, -0.25) is 19.2 Å². The van der Waals surface area contributed by atoms with Crippen LogP contribution in [-0.4, -0.2) is 46.3 Å². The molecule has 0 spiro atoms. The molecule has 1 amide bonds. The number of nitrogens with one attached hydrogen (secondary N) is 1. The van der Waals surface area contributed by atoms with E-state index >= 15 is 0 Å². The molecular formula is C21H27N3O7S. The highest BCUT2D eigenvalue weighted by Gasteiger charge is 2.20. The van der Waals surface area contributed by atoms with Gasteiger partial charge in [0, 0.05) is 30.7 Å². The number of nitro groups is 1. The number of methoxy groups -OCH3 is 2. The van der Waals surface area contributed by atoms with Crippen LogP contribution in [0.4, 0.5) is 11.4 Å². The second kappa shape index (κ2) is 10.8. The predicted molar refractivity (Wildman–Crippen MR) is 121 cm³/mol. The quantitative estimate of drug-likeness (QED) is 0.399. The van der Waals surface area contributed by atoms with Gasteiger partial charge in [-0.2, -0.15) is 0 Å². The van der Waals surface area contributed by atoms with E-state index < -0.39 is 14.9 Å². The summed E-state index contributed by atoms with van der Waals surface area (Å²) < 4.78 is 36.1. The maximum Gasteiger partial charge on any atom is 0.271 e. The molecule has 1 atom stereocenters. The molecule has 0 aromatic heterocycles. The summed E-state index contributed by atoms with van der Waals surface area (Å²) in [5.74, 6) is 0.963. The number of nitrogens with zero attached hydrogens (tertiary/aromatic N) is 2. The molecule has 174 valence electrons. The van der Waals surface area contributed by atoms with Gasteiger partial charge >= 0.3 is 0 Å². The van der Waals surface area contributed by atoms with Crippen LogP contribution >= 0.6 is 0 Å². The molecule has 0 aliphatic rings. The summed E-state index contributed by atoms with van der Waals surface area (Å²) in [4.78, 5) is 22.9. The lowest BCUT2D eigenvalue weighted by Crippen LogP contribution is -2.32. The van der Waals surface area contributed by atoms with E-state index in [0.29, 0.717) is 11.5 Å². The van der Waals surface area contributed by atoms with Gasteiger partial charge in [0.05, 0.1) is 37.1 Å². The highest BCUT2D eigenvalue weighted by molar-refractivity contribution is 7.92. The zero-order chi connectivity index (χ0) is 23.9. The van der Waals surface area contributed by atoms with Gasteiger partial charge in [0.15, 0.2) is 0 Å². The number of non-ortho nitro benzene ring substituents is 1. The van der Waals surface area contributed by atoms with Crippen molar-refractivity contribution in [1.82, 2.24) is 5.32 Å². The fraction of sp³-hybridized carbons (Fsp3) is 0.381. The van der Waals surface area contributed by atoms with Gasteiger partial charge in [-0.05, 0) is 37.6 Å². The molecule has 2 rings (SSSR count). The third-order valence-corrected chi connectivity index (χ3v) is 5.97. The largest absolute Gasteiger partial charge is 0.497 e. The van der Waals surface area contributed by atoms with Gasteiger partial charge < -0.3 is 14.8 Å². The topological polar surface area (TPSA) is 128 Å². The van der Waals surface area contributed by atoms with Crippen molar-refractivity contribution >= 4 is 27.3 Å². The first-order valence-corrected chi connectivity index (χ1v) is 11.6. The Kier molecular flexibility index (Phi) is 8.41. The lowest BCUT2D eigenvalue weighted by Gasteiger charge is -2.22. The number of amides is 1. The van der Waals surface area contributed by atoms with Crippen LogP contribution in [0, 0.1) is 10.1 Å². The third kappa shape index (κ3) is 6.58. The second-order valence-electron chi connectivity index (χ2n) is 7.11.